The van der Waals surface area contributed by atoms with Gasteiger partial charge in [-0.2, -0.15) is 4.98 Å². The average Bonchev–Trinajstić information content (AvgIpc) is 3.17. The van der Waals surface area contributed by atoms with Crippen molar-refractivity contribution in [1.29, 1.82) is 0 Å². The summed E-state index contributed by atoms with van der Waals surface area (Å²) in [6, 6.07) is 0.570. The third-order valence-corrected chi connectivity index (χ3v) is 4.80. The van der Waals surface area contributed by atoms with Crippen LogP contribution in [0.15, 0.2) is 4.52 Å². The highest BCUT2D eigenvalue weighted by atomic mass is 16.5. The smallest absolute Gasteiger partial charge is 0.233 e. The topological polar surface area (TPSA) is 66.7 Å². The first-order chi connectivity index (χ1) is 9.85. The largest absolute Gasteiger partial charge is 0.379 e. The Labute approximate surface area is 118 Å². The van der Waals surface area contributed by atoms with Gasteiger partial charge in [-0.25, -0.2) is 0 Å². The number of ether oxygens (including phenoxy) is 1. The average molecular weight is 279 g/mol. The van der Waals surface area contributed by atoms with Crippen LogP contribution in [-0.4, -0.2) is 79.0 Å². The van der Waals surface area contributed by atoms with E-state index in [9.17, 15) is 0 Å². The monoisotopic (exact) mass is 279 g/mol. The van der Waals surface area contributed by atoms with Crippen LogP contribution >= 0.6 is 0 Å². The van der Waals surface area contributed by atoms with Crippen LogP contribution in [0.5, 0.6) is 0 Å². The summed E-state index contributed by atoms with van der Waals surface area (Å²) in [5.74, 6) is 1.73. The molecule has 20 heavy (non-hydrogen) atoms. The molecule has 0 spiro atoms. The maximum absolute atomic E-state index is 5.52. The second-order valence-corrected chi connectivity index (χ2v) is 5.88. The molecule has 2 bridgehead atoms. The molecule has 1 N–H and O–H groups in total. The fourth-order valence-electron chi connectivity index (χ4n) is 3.48. The van der Waals surface area contributed by atoms with E-state index in [-0.39, 0.29) is 12.0 Å². The number of fused-ring (bicyclic) bond motifs is 3. The van der Waals surface area contributed by atoms with E-state index >= 15 is 0 Å². The normalized spacial score (nSPS) is 40.4. The Balaban J connectivity index is 1.53. The van der Waals surface area contributed by atoms with Crippen molar-refractivity contribution in [2.75, 3.05) is 53.0 Å². The Morgan fingerprint density at radius 1 is 1.20 bits per heavy atom. The molecule has 4 aliphatic heterocycles. The molecule has 0 aromatic carbocycles. The van der Waals surface area contributed by atoms with Gasteiger partial charge in [0.25, 0.3) is 0 Å². The summed E-state index contributed by atoms with van der Waals surface area (Å²) in [6.45, 7) is 6.95. The molecule has 1 aromatic rings. The van der Waals surface area contributed by atoms with Crippen molar-refractivity contribution in [3.8, 4) is 0 Å². The van der Waals surface area contributed by atoms with E-state index in [0.717, 1.165) is 31.3 Å². The number of aromatic nitrogens is 2. The molecule has 7 nitrogen and oxygen atoms in total. The molecule has 7 heteroatoms. The maximum Gasteiger partial charge on any atom is 0.233 e. The van der Waals surface area contributed by atoms with Crippen molar-refractivity contribution in [3.05, 3.63) is 11.7 Å². The fourth-order valence-corrected chi connectivity index (χ4v) is 3.48. The predicted molar refractivity (Wildman–Crippen MR) is 71.5 cm³/mol. The highest BCUT2D eigenvalue weighted by molar-refractivity contribution is 5.06. The molecule has 1 aromatic heterocycles. The summed E-state index contributed by atoms with van der Waals surface area (Å²) < 4.78 is 11.0. The molecule has 0 saturated carbocycles. The van der Waals surface area contributed by atoms with E-state index in [1.165, 1.54) is 13.1 Å². The second kappa shape index (κ2) is 5.07. The zero-order chi connectivity index (χ0) is 13.5. The number of likely N-dealkylation sites (N-methyl/N-ethyl adjacent to an activating group) is 1. The number of nitrogens with one attached hydrogen (secondary N) is 1. The molecule has 3 atom stereocenters. The van der Waals surface area contributed by atoms with E-state index in [4.69, 9.17) is 9.26 Å². The van der Waals surface area contributed by atoms with Crippen LogP contribution in [0.4, 0.5) is 0 Å². The van der Waals surface area contributed by atoms with Gasteiger partial charge >= 0.3 is 0 Å². The minimum Gasteiger partial charge on any atom is -0.379 e. The third kappa shape index (κ3) is 2.05. The van der Waals surface area contributed by atoms with Gasteiger partial charge in [0.15, 0.2) is 5.82 Å². The summed E-state index contributed by atoms with van der Waals surface area (Å²) >= 11 is 0. The molecular weight excluding hydrogens is 258 g/mol. The lowest BCUT2D eigenvalue weighted by molar-refractivity contribution is 0.00781. The summed E-state index contributed by atoms with van der Waals surface area (Å²) in [6.07, 6.45) is 0. The molecule has 110 valence electrons. The summed E-state index contributed by atoms with van der Waals surface area (Å²) in [5.41, 5.74) is 0. The molecule has 0 amide bonds. The van der Waals surface area contributed by atoms with Gasteiger partial charge in [0.05, 0.1) is 25.2 Å². The standard InChI is InChI=1S/C13H21N5O2/c1-14-10-8-19-7-9(10)13-15-12(16-20-13)11-6-17-2-4-18(11)5-3-17/h9-11,14H,2-8H2,1H3. The molecule has 0 aliphatic carbocycles. The van der Waals surface area contributed by atoms with E-state index in [0.29, 0.717) is 19.3 Å². The Morgan fingerprint density at radius 2 is 2.05 bits per heavy atom. The zero-order valence-corrected chi connectivity index (χ0v) is 11.8. The molecule has 5 rings (SSSR count). The van der Waals surface area contributed by atoms with E-state index < -0.39 is 0 Å². The zero-order valence-electron chi connectivity index (χ0n) is 11.8. The van der Waals surface area contributed by atoms with Crippen LogP contribution in [0, 0.1) is 0 Å². The minimum atomic E-state index is 0.178. The number of hydrogen-bond acceptors (Lipinski definition) is 7. The summed E-state index contributed by atoms with van der Waals surface area (Å²) in [7, 11) is 1.95. The fraction of sp³-hybridized carbons (Fsp3) is 0.846. The van der Waals surface area contributed by atoms with Crippen LogP contribution in [0.1, 0.15) is 23.7 Å². The first-order valence-electron chi connectivity index (χ1n) is 7.40. The Kier molecular flexibility index (Phi) is 3.22. The highest BCUT2D eigenvalue weighted by Gasteiger charge is 2.38. The molecule has 3 unspecified atom stereocenters. The van der Waals surface area contributed by atoms with Crippen LogP contribution in [-0.2, 0) is 4.74 Å². The van der Waals surface area contributed by atoms with Crippen molar-refractivity contribution in [3.63, 3.8) is 0 Å². The first-order valence-corrected chi connectivity index (χ1v) is 7.40. The number of nitrogens with zero attached hydrogens (tertiary/aromatic N) is 4. The van der Waals surface area contributed by atoms with Gasteiger partial charge in [0, 0.05) is 38.8 Å². The lowest BCUT2D eigenvalue weighted by Gasteiger charge is -2.46. The van der Waals surface area contributed by atoms with Gasteiger partial charge in [0.1, 0.15) is 0 Å². The minimum absolute atomic E-state index is 0.178. The highest BCUT2D eigenvalue weighted by Crippen LogP contribution is 2.29. The maximum atomic E-state index is 5.52. The predicted octanol–water partition coefficient (Wildman–Crippen LogP) is -0.556. The quantitative estimate of drug-likeness (QED) is 0.796. The molecule has 4 fully saturated rings. The summed E-state index contributed by atoms with van der Waals surface area (Å²) in [4.78, 5) is 9.62. The van der Waals surface area contributed by atoms with E-state index in [2.05, 4.69) is 25.3 Å². The van der Waals surface area contributed by atoms with Gasteiger partial charge in [-0.15, -0.1) is 0 Å². The second-order valence-electron chi connectivity index (χ2n) is 5.88. The third-order valence-electron chi connectivity index (χ3n) is 4.80. The lowest BCUT2D eigenvalue weighted by atomic mass is 10.0. The number of piperazine rings is 3. The molecule has 4 saturated heterocycles. The Bertz CT molecular complexity index is 471. The van der Waals surface area contributed by atoms with Gasteiger partial charge < -0.3 is 14.6 Å². The van der Waals surface area contributed by atoms with Crippen LogP contribution in [0.25, 0.3) is 0 Å². The number of hydrogen-bond donors (Lipinski definition) is 1. The van der Waals surface area contributed by atoms with Crippen molar-refractivity contribution in [2.45, 2.75) is 18.0 Å². The van der Waals surface area contributed by atoms with Gasteiger partial charge in [-0.05, 0) is 7.05 Å². The van der Waals surface area contributed by atoms with Gasteiger partial charge in [-0.3, -0.25) is 9.80 Å². The van der Waals surface area contributed by atoms with Gasteiger partial charge in [-0.1, -0.05) is 5.16 Å². The Hall–Kier alpha value is -1.02. The number of rotatable bonds is 3. The molecule has 0 radical (unpaired) electrons. The van der Waals surface area contributed by atoms with Crippen molar-refractivity contribution >= 4 is 0 Å². The van der Waals surface area contributed by atoms with Gasteiger partial charge in [0.2, 0.25) is 5.89 Å². The van der Waals surface area contributed by atoms with Crippen molar-refractivity contribution in [2.24, 2.45) is 0 Å². The molecular formula is C13H21N5O2. The van der Waals surface area contributed by atoms with Crippen LogP contribution < -0.4 is 5.32 Å². The van der Waals surface area contributed by atoms with Crippen molar-refractivity contribution in [1.82, 2.24) is 25.3 Å². The van der Waals surface area contributed by atoms with Crippen LogP contribution in [0.3, 0.4) is 0 Å². The van der Waals surface area contributed by atoms with Crippen LogP contribution in [0.2, 0.25) is 0 Å². The Morgan fingerprint density at radius 3 is 2.75 bits per heavy atom. The molecule has 4 aliphatic rings. The first kappa shape index (κ1) is 12.7. The van der Waals surface area contributed by atoms with E-state index in [1.807, 2.05) is 7.05 Å². The summed E-state index contributed by atoms with van der Waals surface area (Å²) in [5, 5.41) is 7.49. The SMILES string of the molecule is CNC1COCC1c1nc(C2CN3CCN2CC3)no1. The van der Waals surface area contributed by atoms with E-state index in [1.54, 1.807) is 0 Å². The molecule has 5 heterocycles. The lowest BCUT2D eigenvalue weighted by Crippen LogP contribution is -2.57. The van der Waals surface area contributed by atoms with Crippen molar-refractivity contribution < 1.29 is 9.26 Å².